The van der Waals surface area contributed by atoms with E-state index in [2.05, 4.69) is 35.8 Å². The number of anilines is 1. The smallest absolute Gasteiger partial charge is 0.243 e. The molecule has 3 aromatic rings. The summed E-state index contributed by atoms with van der Waals surface area (Å²) in [5.74, 6) is 3.11. The molecule has 2 aliphatic rings. The van der Waals surface area contributed by atoms with E-state index in [1.165, 1.54) is 12.8 Å². The minimum Gasteiger partial charge on any atom is -0.497 e. The van der Waals surface area contributed by atoms with E-state index < -0.39 is 10.0 Å². The number of methoxy groups -OCH3 is 1. The van der Waals surface area contributed by atoms with E-state index in [-0.39, 0.29) is 6.04 Å². The topological polar surface area (TPSA) is 78.9 Å². The Morgan fingerprint density at radius 3 is 2.39 bits per heavy atom. The molecule has 0 radical (unpaired) electrons. The minimum atomic E-state index is -3.54. The molecule has 0 saturated carbocycles. The van der Waals surface area contributed by atoms with Crippen molar-refractivity contribution in [2.24, 2.45) is 5.92 Å². The lowest BCUT2D eigenvalue weighted by Crippen LogP contribution is -2.49. The van der Waals surface area contributed by atoms with E-state index in [0.29, 0.717) is 42.7 Å². The summed E-state index contributed by atoms with van der Waals surface area (Å²) in [4.78, 5) is 15.0. The fourth-order valence-electron chi connectivity index (χ4n) is 5.28. The zero-order chi connectivity index (χ0) is 25.3. The molecule has 2 atom stereocenters. The number of piperazine rings is 1. The summed E-state index contributed by atoms with van der Waals surface area (Å²) < 4.78 is 33.1. The van der Waals surface area contributed by atoms with Crippen molar-refractivity contribution in [2.45, 2.75) is 37.6 Å². The first-order valence-electron chi connectivity index (χ1n) is 12.8. The molecule has 2 unspecified atom stereocenters. The second-order valence-electron chi connectivity index (χ2n) is 9.91. The van der Waals surface area contributed by atoms with Crippen LogP contribution < -0.4 is 9.64 Å². The largest absolute Gasteiger partial charge is 0.497 e. The van der Waals surface area contributed by atoms with Crippen LogP contribution in [0.3, 0.4) is 0 Å². The Kier molecular flexibility index (Phi) is 7.14. The maximum atomic E-state index is 13.2. The molecule has 0 spiro atoms. The predicted molar refractivity (Wildman–Crippen MR) is 142 cm³/mol. The lowest BCUT2D eigenvalue weighted by molar-refractivity contribution is 0.141. The van der Waals surface area contributed by atoms with Crippen molar-refractivity contribution >= 4 is 26.7 Å². The monoisotopic (exact) mass is 509 g/mol. The van der Waals surface area contributed by atoms with Crippen molar-refractivity contribution in [3.05, 3.63) is 54.4 Å². The molecule has 5 rings (SSSR count). The molecular weight excluding hydrogens is 474 g/mol. The van der Waals surface area contributed by atoms with E-state index in [1.54, 1.807) is 35.7 Å². The Labute approximate surface area is 213 Å². The molecule has 0 amide bonds. The van der Waals surface area contributed by atoms with Gasteiger partial charge in [-0.2, -0.15) is 4.31 Å². The zero-order valence-electron chi connectivity index (χ0n) is 21.3. The zero-order valence-corrected chi connectivity index (χ0v) is 22.1. The molecule has 1 aromatic heterocycles. The number of benzene rings is 2. The third-order valence-electron chi connectivity index (χ3n) is 7.45. The Bertz CT molecular complexity index is 1310. The van der Waals surface area contributed by atoms with Gasteiger partial charge in [0.05, 0.1) is 23.6 Å². The maximum Gasteiger partial charge on any atom is 0.243 e. The second-order valence-corrected chi connectivity index (χ2v) is 11.8. The summed E-state index contributed by atoms with van der Waals surface area (Å²) >= 11 is 0. The highest BCUT2D eigenvalue weighted by molar-refractivity contribution is 7.89. The van der Waals surface area contributed by atoms with Gasteiger partial charge in [0.1, 0.15) is 17.4 Å². The van der Waals surface area contributed by atoms with Gasteiger partial charge in [0.2, 0.25) is 10.0 Å². The van der Waals surface area contributed by atoms with Gasteiger partial charge in [-0.3, -0.25) is 4.90 Å². The Morgan fingerprint density at radius 1 is 0.972 bits per heavy atom. The van der Waals surface area contributed by atoms with Gasteiger partial charge in [-0.15, -0.1) is 0 Å². The van der Waals surface area contributed by atoms with Gasteiger partial charge in [0, 0.05) is 44.7 Å². The summed E-state index contributed by atoms with van der Waals surface area (Å²) in [5.41, 5.74) is 0.961. The normalized spacial score (nSPS) is 21.0. The van der Waals surface area contributed by atoms with Gasteiger partial charge >= 0.3 is 0 Å². The highest BCUT2D eigenvalue weighted by Crippen LogP contribution is 2.31. The average molecular weight is 510 g/mol. The number of hydrogen-bond donors (Lipinski definition) is 0. The van der Waals surface area contributed by atoms with Crippen molar-refractivity contribution < 1.29 is 13.2 Å². The molecule has 0 N–H and O–H groups in total. The predicted octanol–water partition coefficient (Wildman–Crippen LogP) is 3.94. The van der Waals surface area contributed by atoms with E-state index >= 15 is 0 Å². The number of para-hydroxylation sites is 1. The molecular formula is C27H35N5O3S. The van der Waals surface area contributed by atoms with Crippen molar-refractivity contribution in [3.63, 3.8) is 0 Å². The second kappa shape index (κ2) is 10.3. The van der Waals surface area contributed by atoms with Crippen molar-refractivity contribution in [1.82, 2.24) is 19.2 Å². The molecule has 2 fully saturated rings. The van der Waals surface area contributed by atoms with Crippen LogP contribution in [0.5, 0.6) is 5.75 Å². The SMILES string of the molecule is COc1ccc(S(=O)(=O)N2CCN(C(C)c3nc(N4CCCC(C)C4)c4ccccc4n3)CC2)cc1. The molecule has 2 saturated heterocycles. The fraction of sp³-hybridized carbons (Fsp3) is 0.481. The molecule has 0 bridgehead atoms. The number of aromatic nitrogens is 2. The van der Waals surface area contributed by atoms with E-state index in [0.717, 1.165) is 35.6 Å². The fourth-order valence-corrected chi connectivity index (χ4v) is 6.70. The van der Waals surface area contributed by atoms with Crippen LogP contribution in [0.1, 0.15) is 38.6 Å². The number of sulfonamides is 1. The van der Waals surface area contributed by atoms with Crippen LogP contribution in [-0.4, -0.2) is 74.0 Å². The molecule has 192 valence electrons. The lowest BCUT2D eigenvalue weighted by atomic mass is 10.00. The van der Waals surface area contributed by atoms with Gasteiger partial charge in [-0.05, 0) is 62.1 Å². The Hall–Kier alpha value is -2.75. The summed E-state index contributed by atoms with van der Waals surface area (Å²) in [6.07, 6.45) is 2.43. The van der Waals surface area contributed by atoms with Crippen LogP contribution in [0.4, 0.5) is 5.82 Å². The number of rotatable bonds is 6. The van der Waals surface area contributed by atoms with Crippen molar-refractivity contribution in [3.8, 4) is 5.75 Å². The van der Waals surface area contributed by atoms with Gasteiger partial charge in [-0.1, -0.05) is 19.1 Å². The summed E-state index contributed by atoms with van der Waals surface area (Å²) in [6.45, 7) is 8.58. The summed E-state index contributed by atoms with van der Waals surface area (Å²) in [5, 5.41) is 1.10. The summed E-state index contributed by atoms with van der Waals surface area (Å²) in [6, 6.07) is 14.8. The van der Waals surface area contributed by atoms with Crippen LogP contribution in [0.2, 0.25) is 0 Å². The average Bonchev–Trinajstić information content (AvgIpc) is 2.92. The molecule has 2 aliphatic heterocycles. The van der Waals surface area contributed by atoms with E-state index in [9.17, 15) is 8.42 Å². The highest BCUT2D eigenvalue weighted by Gasteiger charge is 2.32. The first-order chi connectivity index (χ1) is 17.4. The van der Waals surface area contributed by atoms with Gasteiger partial charge in [0.15, 0.2) is 0 Å². The van der Waals surface area contributed by atoms with Gasteiger partial charge in [-0.25, -0.2) is 18.4 Å². The summed E-state index contributed by atoms with van der Waals surface area (Å²) in [7, 11) is -1.97. The Morgan fingerprint density at radius 2 is 1.69 bits per heavy atom. The molecule has 3 heterocycles. The molecule has 2 aromatic carbocycles. The highest BCUT2D eigenvalue weighted by atomic mass is 32.2. The van der Waals surface area contributed by atoms with E-state index in [1.807, 2.05) is 12.1 Å². The van der Waals surface area contributed by atoms with Gasteiger partial charge in [0.25, 0.3) is 0 Å². The number of fused-ring (bicyclic) bond motifs is 1. The lowest BCUT2D eigenvalue weighted by Gasteiger charge is -2.37. The van der Waals surface area contributed by atoms with Crippen LogP contribution in [-0.2, 0) is 10.0 Å². The molecule has 0 aliphatic carbocycles. The van der Waals surface area contributed by atoms with Crippen LogP contribution >= 0.6 is 0 Å². The first-order valence-corrected chi connectivity index (χ1v) is 14.2. The number of piperidine rings is 1. The number of ether oxygens (including phenoxy) is 1. The third kappa shape index (κ3) is 4.92. The van der Waals surface area contributed by atoms with E-state index in [4.69, 9.17) is 14.7 Å². The first kappa shape index (κ1) is 24.9. The standard InChI is InChI=1S/C27H35N5O3S/c1-20-7-6-14-31(19-20)27-24-8-4-5-9-25(24)28-26(29-27)21(2)30-15-17-32(18-16-30)36(33,34)23-12-10-22(35-3)11-13-23/h4-5,8-13,20-21H,6-7,14-19H2,1-3H3. The molecule has 36 heavy (non-hydrogen) atoms. The number of hydrogen-bond acceptors (Lipinski definition) is 7. The van der Waals surface area contributed by atoms with Gasteiger partial charge < -0.3 is 9.64 Å². The maximum absolute atomic E-state index is 13.2. The molecule has 9 heteroatoms. The van der Waals surface area contributed by atoms with Crippen LogP contribution in [0, 0.1) is 5.92 Å². The molecule has 8 nitrogen and oxygen atoms in total. The van der Waals surface area contributed by atoms with Crippen molar-refractivity contribution in [2.75, 3.05) is 51.3 Å². The quantitative estimate of drug-likeness (QED) is 0.498. The Balaban J connectivity index is 1.34. The minimum absolute atomic E-state index is 0.0126. The van der Waals surface area contributed by atoms with Crippen LogP contribution in [0.25, 0.3) is 10.9 Å². The number of nitrogens with zero attached hydrogens (tertiary/aromatic N) is 5. The van der Waals surface area contributed by atoms with Crippen LogP contribution in [0.15, 0.2) is 53.4 Å². The van der Waals surface area contributed by atoms with Crippen molar-refractivity contribution in [1.29, 1.82) is 0 Å². The third-order valence-corrected chi connectivity index (χ3v) is 9.36.